The van der Waals surface area contributed by atoms with Gasteiger partial charge in [-0.25, -0.2) is 4.98 Å². The summed E-state index contributed by atoms with van der Waals surface area (Å²) in [5, 5.41) is 2.86. The molecule has 0 radical (unpaired) electrons. The van der Waals surface area contributed by atoms with Crippen LogP contribution >= 0.6 is 0 Å². The first kappa shape index (κ1) is 14.9. The third-order valence-electron chi connectivity index (χ3n) is 3.49. The highest BCUT2D eigenvalue weighted by molar-refractivity contribution is 5.96. The zero-order valence-corrected chi connectivity index (χ0v) is 12.8. The van der Waals surface area contributed by atoms with Crippen molar-refractivity contribution >= 4 is 17.0 Å². The van der Waals surface area contributed by atoms with Crippen LogP contribution in [0.5, 0.6) is 11.5 Å². The van der Waals surface area contributed by atoms with Crippen molar-refractivity contribution in [1.29, 1.82) is 0 Å². The molecule has 0 aliphatic carbocycles. The summed E-state index contributed by atoms with van der Waals surface area (Å²) in [7, 11) is 3.16. The van der Waals surface area contributed by atoms with Crippen LogP contribution in [0.4, 0.5) is 0 Å². The first-order chi connectivity index (χ1) is 11.2. The summed E-state index contributed by atoms with van der Waals surface area (Å²) in [5.41, 5.74) is 2.75. The molecule has 0 unspecified atom stereocenters. The molecule has 1 amide bonds. The lowest BCUT2D eigenvalue weighted by atomic mass is 10.1. The number of rotatable bonds is 5. The van der Waals surface area contributed by atoms with E-state index in [1.807, 2.05) is 12.1 Å². The number of carbonyl (C=O) groups is 1. The number of oxazole rings is 1. The Morgan fingerprint density at radius 1 is 1.13 bits per heavy atom. The standard InChI is InChI=1S/C17H16N2O4/c1-21-14-6-3-11(7-16(14)22-2)9-18-17(20)12-4-5-13-15(8-12)23-10-19-13/h3-8,10H,9H2,1-2H3,(H,18,20). The van der Waals surface area contributed by atoms with Gasteiger partial charge in [0.15, 0.2) is 23.5 Å². The average molecular weight is 312 g/mol. The first-order valence-corrected chi connectivity index (χ1v) is 7.03. The molecule has 0 aliphatic heterocycles. The minimum Gasteiger partial charge on any atom is -0.493 e. The van der Waals surface area contributed by atoms with E-state index in [-0.39, 0.29) is 5.91 Å². The molecule has 3 aromatic rings. The monoisotopic (exact) mass is 312 g/mol. The van der Waals surface area contributed by atoms with Gasteiger partial charge in [-0.3, -0.25) is 4.79 Å². The number of methoxy groups -OCH3 is 2. The zero-order chi connectivity index (χ0) is 16.2. The molecule has 3 rings (SSSR count). The number of nitrogens with one attached hydrogen (secondary N) is 1. The fourth-order valence-electron chi connectivity index (χ4n) is 2.27. The van der Waals surface area contributed by atoms with Gasteiger partial charge in [-0.1, -0.05) is 6.07 Å². The molecule has 1 aromatic heterocycles. The molecule has 0 fully saturated rings. The lowest BCUT2D eigenvalue weighted by Gasteiger charge is -2.10. The predicted octanol–water partition coefficient (Wildman–Crippen LogP) is 2.78. The van der Waals surface area contributed by atoms with Gasteiger partial charge >= 0.3 is 0 Å². The van der Waals surface area contributed by atoms with Crippen LogP contribution in [-0.2, 0) is 6.54 Å². The van der Waals surface area contributed by atoms with Crippen molar-refractivity contribution < 1.29 is 18.7 Å². The van der Waals surface area contributed by atoms with Gasteiger partial charge in [-0.05, 0) is 35.9 Å². The number of aromatic nitrogens is 1. The maximum atomic E-state index is 12.2. The molecule has 6 nitrogen and oxygen atoms in total. The number of fused-ring (bicyclic) bond motifs is 1. The van der Waals surface area contributed by atoms with Gasteiger partial charge < -0.3 is 19.2 Å². The Kier molecular flexibility index (Phi) is 4.14. The van der Waals surface area contributed by atoms with Gasteiger partial charge in [0, 0.05) is 12.1 Å². The lowest BCUT2D eigenvalue weighted by molar-refractivity contribution is 0.0951. The van der Waals surface area contributed by atoms with Crippen LogP contribution in [0.3, 0.4) is 0 Å². The van der Waals surface area contributed by atoms with E-state index in [0.29, 0.717) is 29.2 Å². The SMILES string of the molecule is COc1ccc(CNC(=O)c2ccc3ncoc3c2)cc1OC. The Bertz CT molecular complexity index is 841. The fraction of sp³-hybridized carbons (Fsp3) is 0.176. The second-order valence-electron chi connectivity index (χ2n) is 4.91. The Morgan fingerprint density at radius 2 is 1.96 bits per heavy atom. The summed E-state index contributed by atoms with van der Waals surface area (Å²) >= 11 is 0. The number of benzene rings is 2. The van der Waals surface area contributed by atoms with E-state index in [4.69, 9.17) is 13.9 Å². The summed E-state index contributed by atoms with van der Waals surface area (Å²) in [4.78, 5) is 16.3. The van der Waals surface area contributed by atoms with Gasteiger partial charge in [0.2, 0.25) is 0 Å². The molecule has 2 aromatic carbocycles. The molecule has 0 atom stereocenters. The van der Waals surface area contributed by atoms with Crippen molar-refractivity contribution in [2.24, 2.45) is 0 Å². The Balaban J connectivity index is 1.71. The molecule has 23 heavy (non-hydrogen) atoms. The van der Waals surface area contributed by atoms with Crippen LogP contribution in [0.2, 0.25) is 0 Å². The van der Waals surface area contributed by atoms with Gasteiger partial charge in [0.05, 0.1) is 14.2 Å². The summed E-state index contributed by atoms with van der Waals surface area (Å²) in [5.74, 6) is 1.10. The molecule has 0 bridgehead atoms. The molecular formula is C17H16N2O4. The molecular weight excluding hydrogens is 296 g/mol. The van der Waals surface area contributed by atoms with E-state index in [9.17, 15) is 4.79 Å². The number of hydrogen-bond acceptors (Lipinski definition) is 5. The second-order valence-corrected chi connectivity index (χ2v) is 4.91. The van der Waals surface area contributed by atoms with Crippen LogP contribution in [0.15, 0.2) is 47.2 Å². The van der Waals surface area contributed by atoms with Crippen molar-refractivity contribution in [3.05, 3.63) is 53.9 Å². The van der Waals surface area contributed by atoms with Crippen LogP contribution in [0.25, 0.3) is 11.1 Å². The smallest absolute Gasteiger partial charge is 0.251 e. The number of nitrogens with zero attached hydrogens (tertiary/aromatic N) is 1. The Labute approximate surface area is 133 Å². The maximum absolute atomic E-state index is 12.2. The highest BCUT2D eigenvalue weighted by atomic mass is 16.5. The number of ether oxygens (including phenoxy) is 2. The van der Waals surface area contributed by atoms with Crippen LogP contribution in [0, 0.1) is 0 Å². The molecule has 118 valence electrons. The van der Waals surface area contributed by atoms with Crippen molar-refractivity contribution in [3.63, 3.8) is 0 Å². The minimum atomic E-state index is -0.182. The number of carbonyl (C=O) groups excluding carboxylic acids is 1. The van der Waals surface area contributed by atoms with E-state index in [0.717, 1.165) is 11.1 Å². The van der Waals surface area contributed by atoms with Gasteiger partial charge in [-0.15, -0.1) is 0 Å². The van der Waals surface area contributed by atoms with E-state index in [1.165, 1.54) is 6.39 Å². The average Bonchev–Trinajstić information content (AvgIpc) is 3.06. The van der Waals surface area contributed by atoms with E-state index in [2.05, 4.69) is 10.3 Å². The third-order valence-corrected chi connectivity index (χ3v) is 3.49. The molecule has 0 saturated heterocycles. The third kappa shape index (κ3) is 3.11. The summed E-state index contributed by atoms with van der Waals surface area (Å²) in [6.45, 7) is 0.383. The topological polar surface area (TPSA) is 73.6 Å². The van der Waals surface area contributed by atoms with Gasteiger partial charge in [0.25, 0.3) is 5.91 Å². The van der Waals surface area contributed by atoms with Crippen molar-refractivity contribution in [2.45, 2.75) is 6.54 Å². The molecule has 1 N–H and O–H groups in total. The summed E-state index contributed by atoms with van der Waals surface area (Å²) < 4.78 is 15.6. The van der Waals surface area contributed by atoms with Gasteiger partial charge in [0.1, 0.15) is 5.52 Å². The largest absolute Gasteiger partial charge is 0.493 e. The minimum absolute atomic E-state index is 0.182. The van der Waals surface area contributed by atoms with E-state index in [1.54, 1.807) is 38.5 Å². The van der Waals surface area contributed by atoms with Crippen molar-refractivity contribution in [3.8, 4) is 11.5 Å². The Morgan fingerprint density at radius 3 is 2.74 bits per heavy atom. The van der Waals surface area contributed by atoms with Crippen LogP contribution < -0.4 is 14.8 Å². The molecule has 0 spiro atoms. The number of amides is 1. The fourth-order valence-corrected chi connectivity index (χ4v) is 2.27. The molecule has 6 heteroatoms. The highest BCUT2D eigenvalue weighted by Crippen LogP contribution is 2.27. The quantitative estimate of drug-likeness (QED) is 0.784. The van der Waals surface area contributed by atoms with E-state index < -0.39 is 0 Å². The van der Waals surface area contributed by atoms with Crippen LogP contribution in [0.1, 0.15) is 15.9 Å². The van der Waals surface area contributed by atoms with Crippen LogP contribution in [-0.4, -0.2) is 25.1 Å². The molecule has 0 saturated carbocycles. The van der Waals surface area contributed by atoms with Crippen molar-refractivity contribution in [1.82, 2.24) is 10.3 Å². The molecule has 1 heterocycles. The molecule has 0 aliphatic rings. The summed E-state index contributed by atoms with van der Waals surface area (Å²) in [6, 6.07) is 10.7. The van der Waals surface area contributed by atoms with E-state index >= 15 is 0 Å². The Hall–Kier alpha value is -3.02. The number of hydrogen-bond donors (Lipinski definition) is 1. The lowest BCUT2D eigenvalue weighted by Crippen LogP contribution is -2.22. The second kappa shape index (κ2) is 6.39. The normalized spacial score (nSPS) is 10.5. The van der Waals surface area contributed by atoms with Gasteiger partial charge in [-0.2, -0.15) is 0 Å². The first-order valence-electron chi connectivity index (χ1n) is 7.03. The summed E-state index contributed by atoms with van der Waals surface area (Å²) in [6.07, 6.45) is 1.36. The maximum Gasteiger partial charge on any atom is 0.251 e. The highest BCUT2D eigenvalue weighted by Gasteiger charge is 2.09. The zero-order valence-electron chi connectivity index (χ0n) is 12.8. The van der Waals surface area contributed by atoms with Crippen molar-refractivity contribution in [2.75, 3.05) is 14.2 Å². The predicted molar refractivity (Wildman–Crippen MR) is 84.7 cm³/mol.